The molecule has 5 heteroatoms. The maximum absolute atomic E-state index is 5.72. The summed E-state index contributed by atoms with van der Waals surface area (Å²) in [6.07, 6.45) is 9.44. The number of rotatable bonds is 5. The summed E-state index contributed by atoms with van der Waals surface area (Å²) in [5, 5.41) is 3.96. The van der Waals surface area contributed by atoms with E-state index in [4.69, 9.17) is 10.6 Å². The molecule has 0 amide bonds. The molecule has 0 saturated carbocycles. The van der Waals surface area contributed by atoms with Gasteiger partial charge in [0.25, 0.3) is 0 Å². The van der Waals surface area contributed by atoms with E-state index >= 15 is 0 Å². The van der Waals surface area contributed by atoms with E-state index in [1.807, 2.05) is 0 Å². The van der Waals surface area contributed by atoms with Gasteiger partial charge < -0.3 is 15.5 Å². The van der Waals surface area contributed by atoms with Crippen molar-refractivity contribution in [3.05, 3.63) is 29.3 Å². The molecule has 0 aliphatic carbocycles. The molecule has 2 N–H and O–H groups in total. The lowest BCUT2D eigenvalue weighted by atomic mass is 10.0. The van der Waals surface area contributed by atoms with Gasteiger partial charge in [0.1, 0.15) is 5.71 Å². The topological polar surface area (TPSA) is 63.2 Å². The second-order valence-corrected chi connectivity index (χ2v) is 7.04. The first-order valence-corrected chi connectivity index (χ1v) is 9.53. The first kappa shape index (κ1) is 17.9. The Morgan fingerprint density at radius 1 is 1.24 bits per heavy atom. The van der Waals surface area contributed by atoms with Crippen molar-refractivity contribution in [1.82, 2.24) is 0 Å². The van der Waals surface area contributed by atoms with Crippen LogP contribution in [-0.4, -0.2) is 44.3 Å². The molecule has 0 aromatic heterocycles. The molecule has 0 radical (unpaired) electrons. The maximum Gasteiger partial charge on any atom is 0.108 e. The van der Waals surface area contributed by atoms with E-state index in [1.165, 1.54) is 36.9 Å². The molecule has 1 unspecified atom stereocenters. The van der Waals surface area contributed by atoms with E-state index in [1.54, 1.807) is 6.21 Å². The molecule has 2 saturated heterocycles. The number of aliphatic imine (C=N–C) groups is 1. The summed E-state index contributed by atoms with van der Waals surface area (Å²) in [4.78, 5) is 6.99. The molecular weight excluding hydrogens is 312 g/mol. The molecule has 0 bridgehead atoms. The largest absolute Gasteiger partial charge is 0.376 e. The minimum Gasteiger partial charge on any atom is -0.376 e. The van der Waals surface area contributed by atoms with Crippen LogP contribution in [-0.2, 0) is 4.74 Å². The standard InChI is InChI=1S/C20H30N4O/c1-16-13-17(24-10-4-2-5-11-24)8-9-19(16)20(23-21)15-22-14-18-7-3-6-12-25-18/h8-9,13,15,18H,2-7,10-12,14,21H2,1H3/b22-15?,23-20+. The van der Waals surface area contributed by atoms with Crippen LogP contribution >= 0.6 is 0 Å². The van der Waals surface area contributed by atoms with Gasteiger partial charge in [-0.25, -0.2) is 0 Å². The van der Waals surface area contributed by atoms with Gasteiger partial charge in [-0.15, -0.1) is 0 Å². The molecule has 2 aliphatic heterocycles. The highest BCUT2D eigenvalue weighted by Gasteiger charge is 2.14. The molecule has 0 spiro atoms. The number of benzene rings is 1. The highest BCUT2D eigenvalue weighted by atomic mass is 16.5. The lowest BCUT2D eigenvalue weighted by molar-refractivity contribution is 0.0226. The van der Waals surface area contributed by atoms with Crippen molar-refractivity contribution in [1.29, 1.82) is 0 Å². The zero-order valence-electron chi connectivity index (χ0n) is 15.3. The second kappa shape index (κ2) is 8.99. The first-order chi connectivity index (χ1) is 12.3. The highest BCUT2D eigenvalue weighted by Crippen LogP contribution is 2.23. The first-order valence-electron chi connectivity index (χ1n) is 9.53. The number of nitrogens with two attached hydrogens (primary N) is 1. The summed E-state index contributed by atoms with van der Waals surface area (Å²) in [6, 6.07) is 6.54. The highest BCUT2D eigenvalue weighted by molar-refractivity contribution is 6.38. The van der Waals surface area contributed by atoms with Crippen LogP contribution in [0.25, 0.3) is 0 Å². The smallest absolute Gasteiger partial charge is 0.108 e. The number of hydrazone groups is 1. The van der Waals surface area contributed by atoms with Crippen molar-refractivity contribution < 1.29 is 4.74 Å². The third kappa shape index (κ3) is 4.82. The molecule has 3 rings (SSSR count). The van der Waals surface area contributed by atoms with Gasteiger partial charge in [-0.2, -0.15) is 5.10 Å². The number of nitrogens with zero attached hydrogens (tertiary/aromatic N) is 3. The van der Waals surface area contributed by atoms with E-state index in [9.17, 15) is 0 Å². The van der Waals surface area contributed by atoms with Crippen LogP contribution in [0.3, 0.4) is 0 Å². The Labute approximate surface area is 151 Å². The summed E-state index contributed by atoms with van der Waals surface area (Å²) in [5.74, 6) is 5.63. The number of piperidine rings is 1. The Bertz CT molecular complexity index is 614. The number of anilines is 1. The SMILES string of the molecule is Cc1cc(N2CCCCC2)ccc1/C(C=NCC1CCCCO1)=N/N. The average molecular weight is 342 g/mol. The summed E-state index contributed by atoms with van der Waals surface area (Å²) < 4.78 is 5.72. The van der Waals surface area contributed by atoms with E-state index in [0.29, 0.717) is 6.54 Å². The zero-order valence-corrected chi connectivity index (χ0v) is 15.3. The fourth-order valence-electron chi connectivity index (χ4n) is 3.66. The molecule has 136 valence electrons. The van der Waals surface area contributed by atoms with E-state index in [-0.39, 0.29) is 6.10 Å². The summed E-state index contributed by atoms with van der Waals surface area (Å²) in [5.41, 5.74) is 4.27. The zero-order chi connectivity index (χ0) is 17.5. The molecule has 2 heterocycles. The van der Waals surface area contributed by atoms with E-state index in [2.05, 4.69) is 40.1 Å². The third-order valence-electron chi connectivity index (χ3n) is 5.14. The van der Waals surface area contributed by atoms with Crippen molar-refractivity contribution in [2.75, 3.05) is 31.1 Å². The summed E-state index contributed by atoms with van der Waals surface area (Å²) >= 11 is 0. The quantitative estimate of drug-likeness (QED) is 0.507. The van der Waals surface area contributed by atoms with Gasteiger partial charge in [0.05, 0.1) is 12.6 Å². The molecular formula is C20H30N4O. The fraction of sp³-hybridized carbons (Fsp3) is 0.600. The summed E-state index contributed by atoms with van der Waals surface area (Å²) in [7, 11) is 0. The second-order valence-electron chi connectivity index (χ2n) is 7.04. The predicted molar refractivity (Wildman–Crippen MR) is 105 cm³/mol. The molecule has 25 heavy (non-hydrogen) atoms. The van der Waals surface area contributed by atoms with Crippen molar-refractivity contribution in [3.8, 4) is 0 Å². The van der Waals surface area contributed by atoms with Crippen LogP contribution in [0.1, 0.15) is 49.7 Å². The Kier molecular flexibility index (Phi) is 6.45. The van der Waals surface area contributed by atoms with E-state index in [0.717, 1.165) is 43.8 Å². The van der Waals surface area contributed by atoms with E-state index < -0.39 is 0 Å². The third-order valence-corrected chi connectivity index (χ3v) is 5.14. The van der Waals surface area contributed by atoms with Gasteiger partial charge in [-0.1, -0.05) is 6.07 Å². The minimum atomic E-state index is 0.242. The minimum absolute atomic E-state index is 0.242. The lowest BCUT2D eigenvalue weighted by Crippen LogP contribution is -2.29. The molecule has 2 fully saturated rings. The van der Waals surface area contributed by atoms with Crippen LogP contribution in [0.2, 0.25) is 0 Å². The normalized spacial score (nSPS) is 22.5. The monoisotopic (exact) mass is 342 g/mol. The van der Waals surface area contributed by atoms with Gasteiger partial charge in [0, 0.05) is 37.2 Å². The Morgan fingerprint density at radius 3 is 2.76 bits per heavy atom. The Balaban J connectivity index is 1.65. The summed E-state index contributed by atoms with van der Waals surface area (Å²) in [6.45, 7) is 5.96. The average Bonchev–Trinajstić information content (AvgIpc) is 2.67. The van der Waals surface area contributed by atoms with Gasteiger partial charge in [-0.3, -0.25) is 4.99 Å². The van der Waals surface area contributed by atoms with Crippen LogP contribution in [0.4, 0.5) is 5.69 Å². The number of hydrogen-bond acceptors (Lipinski definition) is 5. The van der Waals surface area contributed by atoms with Crippen molar-refractivity contribution in [2.45, 2.75) is 51.6 Å². The maximum atomic E-state index is 5.72. The number of hydrogen-bond donors (Lipinski definition) is 1. The fourth-order valence-corrected chi connectivity index (χ4v) is 3.66. The molecule has 1 atom stereocenters. The Hall–Kier alpha value is -1.88. The molecule has 1 aromatic rings. The molecule has 2 aliphatic rings. The molecule has 1 aromatic carbocycles. The van der Waals surface area contributed by atoms with Gasteiger partial charge in [0.15, 0.2) is 0 Å². The van der Waals surface area contributed by atoms with Crippen LogP contribution in [0, 0.1) is 6.92 Å². The Morgan fingerprint density at radius 2 is 2.08 bits per heavy atom. The predicted octanol–water partition coefficient (Wildman–Crippen LogP) is 3.29. The van der Waals surface area contributed by atoms with Crippen molar-refractivity contribution >= 4 is 17.6 Å². The van der Waals surface area contributed by atoms with Gasteiger partial charge >= 0.3 is 0 Å². The van der Waals surface area contributed by atoms with Crippen LogP contribution in [0.5, 0.6) is 0 Å². The van der Waals surface area contributed by atoms with Crippen molar-refractivity contribution in [3.63, 3.8) is 0 Å². The molecule has 5 nitrogen and oxygen atoms in total. The van der Waals surface area contributed by atoms with Crippen molar-refractivity contribution in [2.24, 2.45) is 15.9 Å². The van der Waals surface area contributed by atoms with Crippen LogP contribution < -0.4 is 10.7 Å². The number of ether oxygens (including phenoxy) is 1. The van der Waals surface area contributed by atoms with Gasteiger partial charge in [-0.05, 0) is 63.1 Å². The lowest BCUT2D eigenvalue weighted by Gasteiger charge is -2.29. The van der Waals surface area contributed by atoms with Gasteiger partial charge in [0.2, 0.25) is 0 Å². The van der Waals surface area contributed by atoms with Crippen LogP contribution in [0.15, 0.2) is 28.3 Å². The number of aryl methyl sites for hydroxylation is 1.